The van der Waals surface area contributed by atoms with Gasteiger partial charge in [-0.05, 0) is 60.2 Å². The summed E-state index contributed by atoms with van der Waals surface area (Å²) in [6, 6.07) is 12.6. The molecule has 9 heteroatoms. The van der Waals surface area contributed by atoms with Crippen LogP contribution >= 0.6 is 22.9 Å². The Bertz CT molecular complexity index is 1400. The molecule has 1 saturated heterocycles. The van der Waals surface area contributed by atoms with E-state index >= 15 is 0 Å². The highest BCUT2D eigenvalue weighted by molar-refractivity contribution is 7.22. The molecule has 1 unspecified atom stereocenters. The van der Waals surface area contributed by atoms with Crippen molar-refractivity contribution in [3.8, 4) is 0 Å². The highest BCUT2D eigenvalue weighted by Gasteiger charge is 2.48. The molecular weight excluding hydrogens is 453 g/mol. The zero-order valence-corrected chi connectivity index (χ0v) is 17.8. The van der Waals surface area contributed by atoms with E-state index < -0.39 is 29.3 Å². The van der Waals surface area contributed by atoms with Crippen LogP contribution < -0.4 is 4.90 Å². The van der Waals surface area contributed by atoms with Gasteiger partial charge in [0.15, 0.2) is 5.13 Å². The normalized spacial score (nSPS) is 17.9. The first-order chi connectivity index (χ1) is 15.4. The smallest absolute Gasteiger partial charge is 0.301 e. The molecule has 5 rings (SSSR count). The molecule has 1 aliphatic rings. The summed E-state index contributed by atoms with van der Waals surface area (Å²) in [5, 5.41) is 11.8. The van der Waals surface area contributed by atoms with Crippen LogP contribution in [-0.2, 0) is 9.59 Å². The Morgan fingerprint density at radius 3 is 2.50 bits per heavy atom. The van der Waals surface area contributed by atoms with E-state index in [2.05, 4.69) is 9.97 Å². The van der Waals surface area contributed by atoms with Crippen molar-refractivity contribution < 1.29 is 19.1 Å². The maximum absolute atomic E-state index is 13.4. The fourth-order valence-corrected chi connectivity index (χ4v) is 4.91. The predicted octanol–water partition coefficient (Wildman–Crippen LogP) is 5.11. The van der Waals surface area contributed by atoms with Gasteiger partial charge < -0.3 is 5.11 Å². The van der Waals surface area contributed by atoms with Gasteiger partial charge in [-0.2, -0.15) is 0 Å². The van der Waals surface area contributed by atoms with Gasteiger partial charge in [-0.25, -0.2) is 9.37 Å². The summed E-state index contributed by atoms with van der Waals surface area (Å²) in [4.78, 5) is 36.0. The van der Waals surface area contributed by atoms with Gasteiger partial charge in [0.25, 0.3) is 5.78 Å². The van der Waals surface area contributed by atoms with E-state index in [4.69, 9.17) is 11.6 Å². The zero-order chi connectivity index (χ0) is 22.4. The molecule has 0 saturated carbocycles. The van der Waals surface area contributed by atoms with Crippen molar-refractivity contribution in [3.05, 3.63) is 94.5 Å². The van der Waals surface area contributed by atoms with Crippen molar-refractivity contribution in [1.29, 1.82) is 0 Å². The number of nitrogens with zero attached hydrogens (tertiary/aromatic N) is 3. The number of amides is 1. The Labute approximate surface area is 190 Å². The van der Waals surface area contributed by atoms with Crippen molar-refractivity contribution >= 4 is 55.7 Å². The lowest BCUT2D eigenvalue weighted by molar-refractivity contribution is -0.132. The quantitative estimate of drug-likeness (QED) is 0.258. The number of aliphatic hydroxyl groups is 1. The lowest BCUT2D eigenvalue weighted by Gasteiger charge is -2.22. The molecule has 0 bridgehead atoms. The Balaban J connectivity index is 1.72. The number of aliphatic hydroxyl groups excluding tert-OH is 1. The second kappa shape index (κ2) is 7.81. The van der Waals surface area contributed by atoms with E-state index in [0.29, 0.717) is 21.2 Å². The van der Waals surface area contributed by atoms with Crippen LogP contribution in [0, 0.1) is 5.82 Å². The summed E-state index contributed by atoms with van der Waals surface area (Å²) >= 11 is 7.29. The van der Waals surface area contributed by atoms with E-state index in [1.807, 2.05) is 0 Å². The van der Waals surface area contributed by atoms with Crippen LogP contribution in [0.1, 0.15) is 17.2 Å². The topological polar surface area (TPSA) is 83.4 Å². The van der Waals surface area contributed by atoms with E-state index in [-0.39, 0.29) is 11.1 Å². The molecule has 0 radical (unpaired) electrons. The third-order valence-electron chi connectivity index (χ3n) is 5.13. The standard InChI is InChI=1S/C23H13ClFN3O3S/c24-14-3-6-16-17(11-14)32-23(27-16)28-19(12-7-9-26-10-8-12)18(21(30)22(28)31)20(29)13-1-4-15(25)5-2-13/h1-11,19,29H/b20-18+. The number of fused-ring (bicyclic) bond motifs is 1. The summed E-state index contributed by atoms with van der Waals surface area (Å²) in [5.74, 6) is -2.55. The minimum atomic E-state index is -0.931. The van der Waals surface area contributed by atoms with Crippen LogP contribution in [0.2, 0.25) is 5.02 Å². The maximum atomic E-state index is 13.4. The van der Waals surface area contributed by atoms with Crippen molar-refractivity contribution in [2.75, 3.05) is 4.90 Å². The summed E-state index contributed by atoms with van der Waals surface area (Å²) in [5.41, 5.74) is 1.31. The van der Waals surface area contributed by atoms with E-state index in [0.717, 1.165) is 4.70 Å². The number of hydrogen-bond donors (Lipinski definition) is 1. The van der Waals surface area contributed by atoms with E-state index in [9.17, 15) is 19.1 Å². The Kier molecular flexibility index (Phi) is 4.96. The van der Waals surface area contributed by atoms with Crippen LogP contribution in [0.15, 0.2) is 72.6 Å². The summed E-state index contributed by atoms with van der Waals surface area (Å²) in [6.07, 6.45) is 3.07. The van der Waals surface area contributed by atoms with E-state index in [1.165, 1.54) is 52.9 Å². The average molecular weight is 466 g/mol. The molecule has 0 aliphatic carbocycles. The molecule has 4 aromatic rings. The Hall–Kier alpha value is -3.62. The van der Waals surface area contributed by atoms with Gasteiger partial charge in [0.2, 0.25) is 0 Å². The fraction of sp³-hybridized carbons (Fsp3) is 0.0435. The molecule has 0 spiro atoms. The summed E-state index contributed by atoms with van der Waals surface area (Å²) in [6.45, 7) is 0. The van der Waals surface area contributed by atoms with Crippen molar-refractivity contribution in [1.82, 2.24) is 9.97 Å². The highest BCUT2D eigenvalue weighted by Crippen LogP contribution is 2.44. The van der Waals surface area contributed by atoms with Crippen molar-refractivity contribution in [2.24, 2.45) is 0 Å². The third-order valence-corrected chi connectivity index (χ3v) is 6.38. The first-order valence-corrected chi connectivity index (χ1v) is 10.7. The van der Waals surface area contributed by atoms with Gasteiger partial charge >= 0.3 is 5.91 Å². The van der Waals surface area contributed by atoms with Gasteiger partial charge in [0, 0.05) is 23.0 Å². The lowest BCUT2D eigenvalue weighted by atomic mass is 9.96. The average Bonchev–Trinajstić information content (AvgIpc) is 3.32. The molecule has 158 valence electrons. The number of thiazole rings is 1. The van der Waals surface area contributed by atoms with Crippen LogP contribution in [0.4, 0.5) is 9.52 Å². The maximum Gasteiger partial charge on any atom is 0.301 e. The zero-order valence-electron chi connectivity index (χ0n) is 16.2. The second-order valence-corrected chi connectivity index (χ2v) is 8.51. The number of rotatable bonds is 3. The molecule has 1 atom stereocenters. The summed E-state index contributed by atoms with van der Waals surface area (Å²) in [7, 11) is 0. The summed E-state index contributed by atoms with van der Waals surface area (Å²) < 4.78 is 14.1. The monoisotopic (exact) mass is 465 g/mol. The minimum Gasteiger partial charge on any atom is -0.507 e. The highest BCUT2D eigenvalue weighted by atomic mass is 35.5. The number of ketones is 1. The molecule has 1 amide bonds. The fourth-order valence-electron chi connectivity index (χ4n) is 3.64. The van der Waals surface area contributed by atoms with Crippen LogP contribution in [0.25, 0.3) is 16.0 Å². The van der Waals surface area contributed by atoms with Crippen molar-refractivity contribution in [2.45, 2.75) is 6.04 Å². The Morgan fingerprint density at radius 1 is 1.06 bits per heavy atom. The molecule has 1 aliphatic heterocycles. The predicted molar refractivity (Wildman–Crippen MR) is 120 cm³/mol. The first kappa shape index (κ1) is 20.3. The van der Waals surface area contributed by atoms with Crippen molar-refractivity contribution in [3.63, 3.8) is 0 Å². The third kappa shape index (κ3) is 3.34. The first-order valence-electron chi connectivity index (χ1n) is 9.47. The number of benzene rings is 2. The number of anilines is 1. The second-order valence-electron chi connectivity index (χ2n) is 7.07. The van der Waals surface area contributed by atoms with Crippen LogP contribution in [0.3, 0.4) is 0 Å². The van der Waals surface area contributed by atoms with Gasteiger partial charge in [-0.3, -0.25) is 19.5 Å². The van der Waals surface area contributed by atoms with Gasteiger partial charge in [-0.1, -0.05) is 22.9 Å². The van der Waals surface area contributed by atoms with Crippen LogP contribution in [0.5, 0.6) is 0 Å². The largest absolute Gasteiger partial charge is 0.507 e. The molecule has 32 heavy (non-hydrogen) atoms. The Morgan fingerprint density at radius 2 is 1.78 bits per heavy atom. The molecule has 2 aromatic carbocycles. The minimum absolute atomic E-state index is 0.106. The van der Waals surface area contributed by atoms with Gasteiger partial charge in [0.05, 0.1) is 21.8 Å². The molecule has 1 N–H and O–H groups in total. The number of pyridine rings is 1. The lowest BCUT2D eigenvalue weighted by Crippen LogP contribution is -2.29. The molecule has 6 nitrogen and oxygen atoms in total. The molecule has 3 heterocycles. The number of aromatic nitrogens is 2. The van der Waals surface area contributed by atoms with Gasteiger partial charge in [0.1, 0.15) is 11.6 Å². The molecule has 1 fully saturated rings. The SMILES string of the molecule is O=C1C(=O)N(c2nc3ccc(Cl)cc3s2)C(c2ccncc2)/C1=C(\O)c1ccc(F)cc1. The number of Topliss-reactive ketones (excluding diaryl/α,β-unsaturated/α-hetero) is 1. The number of carbonyl (C=O) groups is 2. The number of halogens is 2. The van der Waals surface area contributed by atoms with Gasteiger partial charge in [-0.15, -0.1) is 0 Å². The molecular formula is C23H13ClFN3O3S. The van der Waals surface area contributed by atoms with Crippen LogP contribution in [-0.4, -0.2) is 26.8 Å². The number of carbonyl (C=O) groups excluding carboxylic acids is 2. The van der Waals surface area contributed by atoms with E-state index in [1.54, 1.807) is 30.3 Å². The molecule has 2 aromatic heterocycles. The number of hydrogen-bond acceptors (Lipinski definition) is 6.